The Kier molecular flexibility index (Phi) is 8.59. The molecule has 110 valence electrons. The van der Waals surface area contributed by atoms with Crippen molar-refractivity contribution in [3.05, 3.63) is 0 Å². The molecule has 0 saturated carbocycles. The van der Waals surface area contributed by atoms with Gasteiger partial charge in [0, 0.05) is 6.61 Å². The number of hydrogen-bond donors (Lipinski definition) is 0. The van der Waals surface area contributed by atoms with Crippen LogP contribution >= 0.6 is 7.60 Å². The molecule has 0 heterocycles. The zero-order chi connectivity index (χ0) is 14.2. The fraction of sp³-hybridized carbons (Fsp3) is 1.00. The Morgan fingerprint density at radius 2 is 1.56 bits per heavy atom. The molecule has 2 unspecified atom stereocenters. The van der Waals surface area contributed by atoms with Gasteiger partial charge in [0.15, 0.2) is 0 Å². The third-order valence-corrected chi connectivity index (χ3v) is 8.04. The summed E-state index contributed by atoms with van der Waals surface area (Å²) in [5.74, 6) is -0.597. The van der Waals surface area contributed by atoms with Crippen molar-refractivity contribution in [3.63, 3.8) is 0 Å². The summed E-state index contributed by atoms with van der Waals surface area (Å²) in [4.78, 5) is 0. The smallest absolute Gasteiger partial charge is 0.357 e. The van der Waals surface area contributed by atoms with Gasteiger partial charge in [-0.2, -0.15) is 0 Å². The van der Waals surface area contributed by atoms with E-state index in [0.717, 1.165) is 6.04 Å². The van der Waals surface area contributed by atoms with Gasteiger partial charge in [-0.1, -0.05) is 6.92 Å². The third-order valence-electron chi connectivity index (χ3n) is 2.58. The highest BCUT2D eigenvalue weighted by Gasteiger charge is 2.40. The lowest BCUT2D eigenvalue weighted by Gasteiger charge is -2.32. The quantitative estimate of drug-likeness (QED) is 0.454. The van der Waals surface area contributed by atoms with Crippen LogP contribution in [0.15, 0.2) is 0 Å². The van der Waals surface area contributed by atoms with Crippen molar-refractivity contribution in [3.8, 4) is 0 Å². The molecule has 0 spiro atoms. The minimum absolute atomic E-state index is 0.337. The van der Waals surface area contributed by atoms with Gasteiger partial charge in [-0.15, -0.1) is 0 Å². The van der Waals surface area contributed by atoms with Crippen molar-refractivity contribution in [2.45, 2.75) is 53.1 Å². The molecule has 0 aromatic heterocycles. The average Bonchev–Trinajstić information content (AvgIpc) is 2.30. The van der Waals surface area contributed by atoms with Gasteiger partial charge in [0.05, 0.1) is 13.2 Å². The summed E-state index contributed by atoms with van der Waals surface area (Å²) in [6.07, 6.45) is 0. The van der Waals surface area contributed by atoms with E-state index in [1.807, 2.05) is 20.4 Å². The van der Waals surface area contributed by atoms with Crippen molar-refractivity contribution < 1.29 is 22.5 Å². The molecule has 5 nitrogen and oxygen atoms in total. The molecule has 0 aliphatic rings. The molecule has 0 rings (SSSR count). The van der Waals surface area contributed by atoms with Gasteiger partial charge < -0.3 is 17.9 Å². The molecule has 0 radical (unpaired) electrons. The minimum atomic E-state index is -3.21. The zero-order valence-corrected chi connectivity index (χ0v) is 14.3. The van der Waals surface area contributed by atoms with Crippen LogP contribution < -0.4 is 0 Å². The van der Waals surface area contributed by atoms with E-state index in [1.54, 1.807) is 20.8 Å². The van der Waals surface area contributed by atoms with Gasteiger partial charge in [-0.3, -0.25) is 4.57 Å². The number of rotatable bonds is 10. The Morgan fingerprint density at radius 3 is 1.89 bits per heavy atom. The van der Waals surface area contributed by atoms with E-state index in [1.165, 1.54) is 0 Å². The Balaban J connectivity index is 4.77. The van der Waals surface area contributed by atoms with Gasteiger partial charge in [0.25, 0.3) is 0 Å². The van der Waals surface area contributed by atoms with Gasteiger partial charge in [-0.25, -0.2) is 0 Å². The van der Waals surface area contributed by atoms with E-state index in [2.05, 4.69) is 0 Å². The van der Waals surface area contributed by atoms with Gasteiger partial charge >= 0.3 is 16.2 Å². The number of hydrogen-bond acceptors (Lipinski definition) is 5. The Hall–Kier alpha value is 0.287. The maximum absolute atomic E-state index is 12.5. The summed E-state index contributed by atoms with van der Waals surface area (Å²) >= 11 is 0. The van der Waals surface area contributed by atoms with E-state index in [9.17, 15) is 4.57 Å². The fourth-order valence-corrected chi connectivity index (χ4v) is 5.73. The highest BCUT2D eigenvalue weighted by molar-refractivity contribution is 7.54. The molecule has 0 amide bonds. The van der Waals surface area contributed by atoms with Crippen molar-refractivity contribution >= 4 is 16.2 Å². The monoisotopic (exact) mass is 298 g/mol. The van der Waals surface area contributed by atoms with Crippen LogP contribution in [-0.4, -0.2) is 34.2 Å². The Morgan fingerprint density at radius 1 is 1.06 bits per heavy atom. The summed E-state index contributed by atoms with van der Waals surface area (Å²) in [5.41, 5.74) is 0. The minimum Gasteiger partial charge on any atom is -0.395 e. The molecule has 0 fully saturated rings. The van der Waals surface area contributed by atoms with Gasteiger partial charge in [0.2, 0.25) is 0 Å². The molecule has 0 aromatic rings. The van der Waals surface area contributed by atoms with E-state index < -0.39 is 22.0 Å². The lowest BCUT2D eigenvalue weighted by atomic mass is 10.9. The molecule has 0 aromatic carbocycles. The van der Waals surface area contributed by atoms with Crippen molar-refractivity contribution in [1.82, 2.24) is 0 Å². The largest absolute Gasteiger partial charge is 0.395 e. The summed E-state index contributed by atoms with van der Waals surface area (Å²) in [6.45, 7) is 12.5. The standard InChI is InChI=1S/C11H27O5PSi/c1-7-13-17(12,14-8-2)11(5)16-18(6,10-4)15-9-3/h11H,7-10H2,1-6H3. The molecular formula is C11H27O5PSi. The summed E-state index contributed by atoms with van der Waals surface area (Å²) in [7, 11) is -5.50. The second kappa shape index (κ2) is 8.46. The maximum Gasteiger partial charge on any atom is 0.357 e. The highest BCUT2D eigenvalue weighted by atomic mass is 31.2. The summed E-state index contributed by atoms with van der Waals surface area (Å²) in [5, 5.41) is 0. The normalized spacial score (nSPS) is 17.4. The Bertz CT molecular complexity index is 266. The van der Waals surface area contributed by atoms with Gasteiger partial charge in [0.1, 0.15) is 5.85 Å². The van der Waals surface area contributed by atoms with E-state index in [-0.39, 0.29) is 0 Å². The third kappa shape index (κ3) is 5.51. The Labute approximate surface area is 112 Å². The average molecular weight is 298 g/mol. The highest BCUT2D eigenvalue weighted by Crippen LogP contribution is 2.54. The van der Waals surface area contributed by atoms with E-state index >= 15 is 0 Å². The molecule has 0 aliphatic heterocycles. The molecule has 0 N–H and O–H groups in total. The molecular weight excluding hydrogens is 271 g/mol. The molecule has 18 heavy (non-hydrogen) atoms. The molecule has 0 bridgehead atoms. The van der Waals surface area contributed by atoms with Crippen LogP contribution in [0.25, 0.3) is 0 Å². The van der Waals surface area contributed by atoms with Crippen molar-refractivity contribution in [2.75, 3.05) is 19.8 Å². The first-order valence-electron chi connectivity index (χ1n) is 6.58. The van der Waals surface area contributed by atoms with Crippen molar-refractivity contribution in [2.24, 2.45) is 0 Å². The van der Waals surface area contributed by atoms with Crippen LogP contribution in [-0.2, 0) is 22.5 Å². The summed E-state index contributed by atoms with van der Waals surface area (Å²) in [6, 6.07) is 0.795. The second-order valence-corrected chi connectivity index (χ2v) is 9.84. The molecule has 0 saturated heterocycles. The van der Waals surface area contributed by atoms with E-state index in [0.29, 0.717) is 19.8 Å². The molecule has 2 atom stereocenters. The summed E-state index contributed by atoms with van der Waals surface area (Å²) < 4.78 is 34.6. The van der Waals surface area contributed by atoms with Crippen LogP contribution in [0.3, 0.4) is 0 Å². The molecule has 7 heteroatoms. The fourth-order valence-electron chi connectivity index (χ4n) is 1.56. The first kappa shape index (κ1) is 18.3. The van der Waals surface area contributed by atoms with E-state index in [4.69, 9.17) is 17.9 Å². The zero-order valence-electron chi connectivity index (χ0n) is 12.4. The topological polar surface area (TPSA) is 54.0 Å². The van der Waals surface area contributed by atoms with Crippen molar-refractivity contribution in [1.29, 1.82) is 0 Å². The predicted molar refractivity (Wildman–Crippen MR) is 75.1 cm³/mol. The molecule has 0 aliphatic carbocycles. The van der Waals surface area contributed by atoms with Crippen LogP contribution in [0.1, 0.15) is 34.6 Å². The van der Waals surface area contributed by atoms with Crippen LogP contribution in [0.4, 0.5) is 0 Å². The van der Waals surface area contributed by atoms with Crippen LogP contribution in [0, 0.1) is 0 Å². The lowest BCUT2D eigenvalue weighted by Crippen LogP contribution is -2.41. The SMILES string of the molecule is CCO[Si](C)(CC)OC(C)P(=O)(OCC)OCC. The van der Waals surface area contributed by atoms with Gasteiger partial charge in [-0.05, 0) is 40.3 Å². The maximum atomic E-state index is 12.5. The lowest BCUT2D eigenvalue weighted by molar-refractivity contribution is 0.127. The predicted octanol–water partition coefficient (Wildman–Crippen LogP) is 3.74. The van der Waals surface area contributed by atoms with Crippen LogP contribution in [0.5, 0.6) is 0 Å². The van der Waals surface area contributed by atoms with Crippen LogP contribution in [0.2, 0.25) is 12.6 Å². The first-order chi connectivity index (χ1) is 8.37. The first-order valence-corrected chi connectivity index (χ1v) is 10.7. The second-order valence-electron chi connectivity index (χ2n) is 4.01.